The van der Waals surface area contributed by atoms with Crippen LogP contribution in [0, 0.1) is 17.3 Å². The number of carboxylic acids is 2. The van der Waals surface area contributed by atoms with Crippen molar-refractivity contribution in [1.82, 2.24) is 15.6 Å². The minimum Gasteiger partial charge on any atom is -0.478 e. The van der Waals surface area contributed by atoms with E-state index >= 15 is 0 Å². The van der Waals surface area contributed by atoms with E-state index in [2.05, 4.69) is 10.3 Å². The zero-order valence-electron chi connectivity index (χ0n) is 30.3. The standard InChI is InChI=1S/C38H52N4O11S/c39-38(52,36(50)51)15-9-27(44)41-26(32(45)42-33(46)34(47)48)21-54-31-30-28-23(7-2-1-3-12-37(31)13-4-5-14-37)20-24(19-22-10-16-40-17-11-22)25(8-6-18-43)29(28)35(49)53-30/h10-11,16-17,23,26,29,31,33,43,46,52H,1-9,12-15,18-21,39H2,(H,41,44)(H,42,45)(H,47,48)(H,50,51)/t23-,26-,29+,31-,33-,38+/m0/s1. The Labute approximate surface area is 318 Å². The number of carboxylic acid groups (broad SMARTS) is 2. The van der Waals surface area contributed by atoms with E-state index in [0.717, 1.165) is 80.9 Å². The number of pyridine rings is 1. The number of hydrogen-bond donors (Lipinski definition) is 8. The lowest BCUT2D eigenvalue weighted by molar-refractivity contribution is -0.159. The van der Waals surface area contributed by atoms with Gasteiger partial charge in [-0.05, 0) is 86.0 Å². The molecular weight excluding hydrogens is 721 g/mol. The van der Waals surface area contributed by atoms with Crippen molar-refractivity contribution in [3.05, 3.63) is 52.6 Å². The lowest BCUT2D eigenvalue weighted by Gasteiger charge is -2.40. The highest BCUT2D eigenvalue weighted by Crippen LogP contribution is 2.58. The van der Waals surface area contributed by atoms with Gasteiger partial charge >= 0.3 is 17.9 Å². The molecule has 296 valence electrons. The highest BCUT2D eigenvalue weighted by Gasteiger charge is 2.53. The molecule has 1 saturated carbocycles. The Bertz CT molecular complexity index is 1630. The number of aliphatic carboxylic acids is 2. The maximum absolute atomic E-state index is 14.2. The van der Waals surface area contributed by atoms with Crippen molar-refractivity contribution in [2.24, 2.45) is 23.0 Å². The fraction of sp³-hybridized carbons (Fsp3) is 0.632. The molecule has 5 rings (SSSR count). The number of aliphatic hydroxyl groups is 3. The summed E-state index contributed by atoms with van der Waals surface area (Å²) in [6, 6.07) is 2.54. The van der Waals surface area contributed by atoms with Crippen LogP contribution in [-0.2, 0) is 35.1 Å². The molecule has 6 atom stereocenters. The number of thioether (sulfide) groups is 1. The molecule has 0 aromatic carbocycles. The number of carbonyl (C=O) groups excluding carboxylic acids is 3. The number of nitrogens with one attached hydrogen (secondary N) is 2. The monoisotopic (exact) mass is 772 g/mol. The van der Waals surface area contributed by atoms with Crippen LogP contribution in [0.2, 0.25) is 0 Å². The van der Waals surface area contributed by atoms with E-state index in [1.165, 1.54) is 17.3 Å². The Morgan fingerprint density at radius 2 is 1.74 bits per heavy atom. The quantitative estimate of drug-likeness (QED) is 0.0682. The van der Waals surface area contributed by atoms with Gasteiger partial charge in [0.2, 0.25) is 23.8 Å². The molecule has 15 nitrogen and oxygen atoms in total. The van der Waals surface area contributed by atoms with E-state index in [1.54, 1.807) is 12.4 Å². The van der Waals surface area contributed by atoms with E-state index in [-0.39, 0.29) is 29.7 Å². The van der Waals surface area contributed by atoms with Crippen molar-refractivity contribution >= 4 is 41.5 Å². The van der Waals surface area contributed by atoms with E-state index in [1.807, 2.05) is 17.4 Å². The molecule has 2 amide bonds. The predicted octanol–water partition coefficient (Wildman–Crippen LogP) is 2.28. The number of aromatic nitrogens is 1. The molecule has 0 bridgehead atoms. The van der Waals surface area contributed by atoms with E-state index in [9.17, 15) is 44.4 Å². The van der Waals surface area contributed by atoms with Crippen molar-refractivity contribution in [2.45, 2.75) is 120 Å². The summed E-state index contributed by atoms with van der Waals surface area (Å²) in [4.78, 5) is 67.5. The number of nitrogens with two attached hydrogens (primary N) is 1. The smallest absolute Gasteiger partial charge is 0.353 e. The maximum atomic E-state index is 14.2. The third kappa shape index (κ3) is 9.69. The fourth-order valence-electron chi connectivity index (χ4n) is 8.64. The lowest BCUT2D eigenvalue weighted by atomic mass is 9.67. The van der Waals surface area contributed by atoms with Crippen molar-refractivity contribution in [2.75, 3.05) is 12.4 Å². The first kappa shape index (κ1) is 41.3. The third-order valence-corrected chi connectivity index (χ3v) is 12.9. The molecule has 4 aliphatic rings. The summed E-state index contributed by atoms with van der Waals surface area (Å²) in [6.07, 6.45) is 10.8. The van der Waals surface area contributed by atoms with Crippen molar-refractivity contribution < 1.29 is 54.2 Å². The number of rotatable bonds is 16. The van der Waals surface area contributed by atoms with Crippen LogP contribution in [0.4, 0.5) is 0 Å². The number of amides is 2. The highest BCUT2D eigenvalue weighted by atomic mass is 32.2. The van der Waals surface area contributed by atoms with Crippen molar-refractivity contribution in [3.63, 3.8) is 0 Å². The topological polar surface area (TPSA) is 259 Å². The second-order valence-corrected chi connectivity index (χ2v) is 16.2. The molecule has 0 saturated heterocycles. The summed E-state index contributed by atoms with van der Waals surface area (Å²) in [6.45, 7) is -0.0304. The minimum atomic E-state index is -2.69. The molecule has 1 aliphatic heterocycles. The molecule has 1 spiro atoms. The average Bonchev–Trinajstić information content (AvgIpc) is 3.75. The summed E-state index contributed by atoms with van der Waals surface area (Å²) in [5.41, 5.74) is 6.59. The summed E-state index contributed by atoms with van der Waals surface area (Å²) in [5, 5.41) is 52.3. The second-order valence-electron chi connectivity index (χ2n) is 15.0. The predicted molar refractivity (Wildman–Crippen MR) is 196 cm³/mol. The normalized spacial score (nSPS) is 24.6. The van der Waals surface area contributed by atoms with Gasteiger partial charge in [-0.2, -0.15) is 0 Å². The number of ether oxygens (including phenoxy) is 1. The molecule has 2 heterocycles. The molecule has 1 aromatic heterocycles. The zero-order valence-corrected chi connectivity index (χ0v) is 31.2. The summed E-state index contributed by atoms with van der Waals surface area (Å²) < 4.78 is 6.40. The number of hydrogen-bond acceptors (Lipinski definition) is 12. The molecule has 1 fully saturated rings. The molecule has 9 N–H and O–H groups in total. The van der Waals surface area contributed by atoms with Crippen molar-refractivity contribution in [1.29, 1.82) is 0 Å². The molecule has 54 heavy (non-hydrogen) atoms. The third-order valence-electron chi connectivity index (χ3n) is 11.4. The summed E-state index contributed by atoms with van der Waals surface area (Å²) in [5.74, 6) is -5.70. The number of carbonyl (C=O) groups is 5. The largest absolute Gasteiger partial charge is 0.478 e. The summed E-state index contributed by atoms with van der Waals surface area (Å²) in [7, 11) is 0. The molecule has 3 aliphatic carbocycles. The molecular formula is C38H52N4O11S. The van der Waals surface area contributed by atoms with Crippen LogP contribution in [0.5, 0.6) is 0 Å². The fourth-order valence-corrected chi connectivity index (χ4v) is 10.3. The van der Waals surface area contributed by atoms with Gasteiger partial charge in [0.05, 0.1) is 5.25 Å². The first-order chi connectivity index (χ1) is 25.8. The van der Waals surface area contributed by atoms with Gasteiger partial charge in [0.25, 0.3) is 0 Å². The Kier molecular flexibility index (Phi) is 13.9. The highest BCUT2D eigenvalue weighted by molar-refractivity contribution is 8.00. The molecule has 1 aromatic rings. The van der Waals surface area contributed by atoms with Crippen LogP contribution in [0.15, 0.2) is 47.0 Å². The van der Waals surface area contributed by atoms with Crippen LogP contribution in [0.1, 0.15) is 95.5 Å². The van der Waals surface area contributed by atoms with Gasteiger partial charge < -0.3 is 40.9 Å². The lowest BCUT2D eigenvalue weighted by Crippen LogP contribution is -2.54. The Balaban J connectivity index is 1.53. The average molecular weight is 773 g/mol. The van der Waals surface area contributed by atoms with Gasteiger partial charge in [-0.3, -0.25) is 25.1 Å². The first-order valence-corrected chi connectivity index (χ1v) is 19.8. The Morgan fingerprint density at radius 1 is 1.06 bits per heavy atom. The summed E-state index contributed by atoms with van der Waals surface area (Å²) >= 11 is 1.34. The van der Waals surface area contributed by atoms with Gasteiger partial charge in [0.15, 0.2) is 0 Å². The SMILES string of the molecule is N[C@@](O)(CCC(=O)N[C@@H](CS[C@H]1C2=C3[C@@H](CCCCCC14CCCC4)CC(Cc1ccncc1)=C(CCCO)[C@H]3C(=O)O2)C(=O)N[C@@H](O)C(=O)O)C(=O)O. The number of nitrogens with zero attached hydrogens (tertiary/aromatic N) is 1. The first-order valence-electron chi connectivity index (χ1n) is 18.8. The number of allylic oxidation sites excluding steroid dienone is 1. The minimum absolute atomic E-state index is 0.0274. The van der Waals surface area contributed by atoms with Gasteiger partial charge in [-0.1, -0.05) is 43.3 Å². The second kappa shape index (κ2) is 18.2. The van der Waals surface area contributed by atoms with Crippen LogP contribution < -0.4 is 16.4 Å². The van der Waals surface area contributed by atoms with Gasteiger partial charge in [0.1, 0.15) is 17.7 Å². The number of esters is 1. The molecule has 0 unspecified atom stereocenters. The van der Waals surface area contributed by atoms with Crippen LogP contribution >= 0.6 is 11.8 Å². The van der Waals surface area contributed by atoms with Crippen LogP contribution in [0.25, 0.3) is 0 Å². The van der Waals surface area contributed by atoms with E-state index < -0.39 is 65.8 Å². The van der Waals surface area contributed by atoms with Gasteiger partial charge in [0, 0.05) is 37.6 Å². The zero-order chi connectivity index (χ0) is 39.0. The van der Waals surface area contributed by atoms with E-state index in [4.69, 9.17) is 15.6 Å². The Hall–Kier alpha value is -3.83. The van der Waals surface area contributed by atoms with Gasteiger partial charge in [-0.15, -0.1) is 11.8 Å². The molecule has 0 radical (unpaired) electrons. The van der Waals surface area contributed by atoms with Gasteiger partial charge in [-0.25, -0.2) is 9.59 Å². The van der Waals surface area contributed by atoms with Crippen LogP contribution in [-0.4, -0.2) is 95.8 Å². The van der Waals surface area contributed by atoms with Crippen molar-refractivity contribution in [3.8, 4) is 0 Å². The van der Waals surface area contributed by atoms with Crippen LogP contribution in [0.3, 0.4) is 0 Å². The maximum Gasteiger partial charge on any atom is 0.353 e. The molecule has 16 heteroatoms. The number of aliphatic hydroxyl groups excluding tert-OH is 2. The Morgan fingerprint density at radius 3 is 2.39 bits per heavy atom. The van der Waals surface area contributed by atoms with E-state index in [0.29, 0.717) is 25.0 Å².